The van der Waals surface area contributed by atoms with Crippen molar-refractivity contribution in [1.29, 1.82) is 0 Å². The summed E-state index contributed by atoms with van der Waals surface area (Å²) in [5.41, 5.74) is 1.19. The quantitative estimate of drug-likeness (QED) is 0.783. The maximum absolute atomic E-state index is 11.4. The summed E-state index contributed by atoms with van der Waals surface area (Å²) in [5.74, 6) is 0.286. The minimum absolute atomic E-state index is 0.205. The topological polar surface area (TPSA) is 46.6 Å². The molecule has 0 aliphatic heterocycles. The summed E-state index contributed by atoms with van der Waals surface area (Å²) in [6.45, 7) is 2.26. The molecule has 0 aromatic heterocycles. The van der Waals surface area contributed by atoms with Crippen LogP contribution in [0.5, 0.6) is 0 Å². The van der Waals surface area contributed by atoms with E-state index in [1.54, 1.807) is 0 Å². The minimum Gasteiger partial charge on any atom is -0.258 e. The molecular formula is C12H19NO3S. The summed E-state index contributed by atoms with van der Waals surface area (Å²) in [4.78, 5) is 0. The van der Waals surface area contributed by atoms with Gasteiger partial charge in [0.05, 0.1) is 6.61 Å². The lowest BCUT2D eigenvalue weighted by Crippen LogP contribution is -2.25. The van der Waals surface area contributed by atoms with Gasteiger partial charge in [-0.2, -0.15) is 12.7 Å². The summed E-state index contributed by atoms with van der Waals surface area (Å²) in [7, 11) is -0.634. The molecule has 1 unspecified atom stereocenters. The molecule has 0 saturated heterocycles. The van der Waals surface area contributed by atoms with Crippen LogP contribution in [-0.4, -0.2) is 33.4 Å². The first kappa shape index (κ1) is 14.2. The molecule has 0 fully saturated rings. The molecule has 1 atom stereocenters. The fraction of sp³-hybridized carbons (Fsp3) is 0.500. The molecule has 5 heteroatoms. The summed E-state index contributed by atoms with van der Waals surface area (Å²) in [6, 6.07) is 9.98. The third-order valence-electron chi connectivity index (χ3n) is 2.60. The molecule has 0 aliphatic rings. The lowest BCUT2D eigenvalue weighted by molar-refractivity contribution is 0.277. The fourth-order valence-corrected chi connectivity index (χ4v) is 1.90. The molecule has 96 valence electrons. The predicted molar refractivity (Wildman–Crippen MR) is 68.0 cm³/mol. The number of hydrogen-bond acceptors (Lipinski definition) is 3. The van der Waals surface area contributed by atoms with E-state index < -0.39 is 10.3 Å². The van der Waals surface area contributed by atoms with E-state index in [9.17, 15) is 8.42 Å². The molecule has 4 nitrogen and oxygen atoms in total. The van der Waals surface area contributed by atoms with Gasteiger partial charge in [-0.3, -0.25) is 4.18 Å². The van der Waals surface area contributed by atoms with E-state index in [4.69, 9.17) is 4.18 Å². The number of hydrogen-bond donors (Lipinski definition) is 0. The molecule has 17 heavy (non-hydrogen) atoms. The van der Waals surface area contributed by atoms with Crippen molar-refractivity contribution in [2.45, 2.75) is 19.3 Å². The first-order valence-electron chi connectivity index (χ1n) is 5.55. The van der Waals surface area contributed by atoms with Crippen LogP contribution in [0.1, 0.15) is 24.8 Å². The zero-order valence-electron chi connectivity index (χ0n) is 10.5. The maximum atomic E-state index is 11.4. The second-order valence-electron chi connectivity index (χ2n) is 4.16. The Kier molecular flexibility index (Phi) is 5.11. The van der Waals surface area contributed by atoms with Gasteiger partial charge in [-0.15, -0.1) is 0 Å². The first-order valence-corrected chi connectivity index (χ1v) is 6.92. The normalized spacial score (nSPS) is 13.9. The van der Waals surface area contributed by atoms with E-state index in [1.165, 1.54) is 19.7 Å². The third-order valence-corrected chi connectivity index (χ3v) is 3.96. The highest BCUT2D eigenvalue weighted by molar-refractivity contribution is 7.84. The molecule has 0 spiro atoms. The highest BCUT2D eigenvalue weighted by atomic mass is 32.2. The van der Waals surface area contributed by atoms with Gasteiger partial charge < -0.3 is 0 Å². The van der Waals surface area contributed by atoms with Crippen LogP contribution in [0.25, 0.3) is 0 Å². The average Bonchev–Trinajstić information content (AvgIpc) is 2.29. The van der Waals surface area contributed by atoms with Crippen LogP contribution in [0.2, 0.25) is 0 Å². The molecular weight excluding hydrogens is 238 g/mol. The molecule has 1 aromatic rings. The van der Waals surface area contributed by atoms with Gasteiger partial charge in [-0.05, 0) is 17.9 Å². The Labute approximate surface area is 103 Å². The van der Waals surface area contributed by atoms with Gasteiger partial charge in [-0.1, -0.05) is 37.3 Å². The van der Waals surface area contributed by atoms with Crippen LogP contribution >= 0.6 is 0 Å². The molecule has 1 rings (SSSR count). The second-order valence-corrected chi connectivity index (χ2v) is 5.98. The Morgan fingerprint density at radius 2 is 1.82 bits per heavy atom. The van der Waals surface area contributed by atoms with E-state index >= 15 is 0 Å². The number of benzene rings is 1. The standard InChI is InChI=1S/C12H19NO3S/c1-11(12-7-5-4-6-8-12)9-10-16-17(14,15)13(2)3/h4-8,11H,9-10H2,1-3H3. The summed E-state index contributed by atoms with van der Waals surface area (Å²) in [6.07, 6.45) is 0.678. The van der Waals surface area contributed by atoms with Gasteiger partial charge in [0.2, 0.25) is 0 Å². The monoisotopic (exact) mass is 257 g/mol. The van der Waals surface area contributed by atoms with Crippen molar-refractivity contribution in [1.82, 2.24) is 4.31 Å². The Bertz CT molecular complexity index is 428. The van der Waals surface area contributed by atoms with Crippen LogP contribution in [0.15, 0.2) is 30.3 Å². The van der Waals surface area contributed by atoms with E-state index in [2.05, 4.69) is 6.92 Å². The fourth-order valence-electron chi connectivity index (χ4n) is 1.38. The Morgan fingerprint density at radius 1 is 1.24 bits per heavy atom. The zero-order valence-corrected chi connectivity index (χ0v) is 11.3. The molecule has 0 heterocycles. The minimum atomic E-state index is -3.54. The van der Waals surface area contributed by atoms with E-state index in [0.717, 1.165) is 4.31 Å². The van der Waals surface area contributed by atoms with Gasteiger partial charge in [0.1, 0.15) is 0 Å². The molecule has 0 radical (unpaired) electrons. The van der Waals surface area contributed by atoms with Crippen molar-refractivity contribution in [3.63, 3.8) is 0 Å². The molecule has 0 N–H and O–H groups in total. The Balaban J connectivity index is 2.43. The largest absolute Gasteiger partial charge is 0.337 e. The van der Waals surface area contributed by atoms with E-state index in [0.29, 0.717) is 6.42 Å². The average molecular weight is 257 g/mol. The second kappa shape index (κ2) is 6.14. The SMILES string of the molecule is CC(CCOS(=O)(=O)N(C)C)c1ccccc1. The van der Waals surface area contributed by atoms with Crippen molar-refractivity contribution in [2.75, 3.05) is 20.7 Å². The van der Waals surface area contributed by atoms with Crippen LogP contribution in [-0.2, 0) is 14.5 Å². The Hall–Kier alpha value is -0.910. The van der Waals surface area contributed by atoms with Crippen molar-refractivity contribution < 1.29 is 12.6 Å². The van der Waals surface area contributed by atoms with Crippen molar-refractivity contribution in [3.8, 4) is 0 Å². The zero-order chi connectivity index (χ0) is 12.9. The highest BCUT2D eigenvalue weighted by Gasteiger charge is 2.14. The van der Waals surface area contributed by atoms with Gasteiger partial charge in [0.25, 0.3) is 0 Å². The van der Waals surface area contributed by atoms with Crippen LogP contribution in [0, 0.1) is 0 Å². The molecule has 0 saturated carbocycles. The number of rotatable bonds is 6. The summed E-state index contributed by atoms with van der Waals surface area (Å²) >= 11 is 0. The smallest absolute Gasteiger partial charge is 0.258 e. The van der Waals surface area contributed by atoms with Gasteiger partial charge >= 0.3 is 10.3 Å². The summed E-state index contributed by atoms with van der Waals surface area (Å²) in [5, 5.41) is 0. The molecule has 0 aliphatic carbocycles. The van der Waals surface area contributed by atoms with Crippen molar-refractivity contribution in [3.05, 3.63) is 35.9 Å². The lowest BCUT2D eigenvalue weighted by Gasteiger charge is -2.14. The van der Waals surface area contributed by atoms with Gasteiger partial charge in [-0.25, -0.2) is 0 Å². The van der Waals surface area contributed by atoms with Gasteiger partial charge in [0, 0.05) is 14.1 Å². The predicted octanol–water partition coefficient (Wildman–Crippen LogP) is 2.00. The molecule has 0 amide bonds. The third kappa shape index (κ3) is 4.46. The summed E-state index contributed by atoms with van der Waals surface area (Å²) < 4.78 is 28.7. The van der Waals surface area contributed by atoms with Crippen molar-refractivity contribution in [2.24, 2.45) is 0 Å². The molecule has 1 aromatic carbocycles. The van der Waals surface area contributed by atoms with Gasteiger partial charge in [0.15, 0.2) is 0 Å². The number of nitrogens with zero attached hydrogens (tertiary/aromatic N) is 1. The van der Waals surface area contributed by atoms with Crippen molar-refractivity contribution >= 4 is 10.3 Å². The van der Waals surface area contributed by atoms with E-state index in [-0.39, 0.29) is 12.5 Å². The highest BCUT2D eigenvalue weighted by Crippen LogP contribution is 2.18. The maximum Gasteiger partial charge on any atom is 0.337 e. The van der Waals surface area contributed by atoms with E-state index in [1.807, 2.05) is 30.3 Å². The Morgan fingerprint density at radius 3 is 2.35 bits per heavy atom. The van der Waals surface area contributed by atoms with Crippen LogP contribution in [0.3, 0.4) is 0 Å². The first-order chi connectivity index (χ1) is 7.93. The van der Waals surface area contributed by atoms with Crippen LogP contribution in [0.4, 0.5) is 0 Å². The lowest BCUT2D eigenvalue weighted by atomic mass is 9.99. The molecule has 0 bridgehead atoms. The van der Waals surface area contributed by atoms with Crippen LogP contribution < -0.4 is 0 Å².